The van der Waals surface area contributed by atoms with Gasteiger partial charge in [-0.05, 0) is 48.5 Å². The minimum absolute atomic E-state index is 0.302. The van der Waals surface area contributed by atoms with Crippen LogP contribution in [0.25, 0.3) is 0 Å². The lowest BCUT2D eigenvalue weighted by Crippen LogP contribution is -2.17. The first-order chi connectivity index (χ1) is 9.95. The fourth-order valence-corrected chi connectivity index (χ4v) is 2.66. The van der Waals surface area contributed by atoms with Gasteiger partial charge in [0.25, 0.3) is 0 Å². The van der Waals surface area contributed by atoms with E-state index in [2.05, 4.69) is 20.8 Å². The van der Waals surface area contributed by atoms with Crippen LogP contribution in [0.15, 0.2) is 46.9 Å². The van der Waals surface area contributed by atoms with Crippen LogP contribution in [0.1, 0.15) is 21.5 Å². The molecule has 0 bridgehead atoms. The first-order valence-electron chi connectivity index (χ1n) is 6.40. The minimum atomic E-state index is -0.907. The number of carbonyl (C=O) groups is 1. The number of carboxylic acids is 1. The Morgan fingerprint density at radius 2 is 1.86 bits per heavy atom. The van der Waals surface area contributed by atoms with E-state index >= 15 is 0 Å². The zero-order valence-electron chi connectivity index (χ0n) is 11.5. The number of aromatic carboxylic acids is 1. The molecule has 0 aliphatic carbocycles. The summed E-state index contributed by atoms with van der Waals surface area (Å²) in [5.74, 6) is -0.907. The SMILES string of the molecule is CN(Cc1ccc(C(=O)O)cc1)Cc1cc(Br)ccc1Cl. The molecule has 0 atom stereocenters. The van der Waals surface area contributed by atoms with Crippen LogP contribution in [-0.4, -0.2) is 23.0 Å². The van der Waals surface area contributed by atoms with Crippen molar-refractivity contribution >= 4 is 33.5 Å². The highest BCUT2D eigenvalue weighted by Crippen LogP contribution is 2.22. The lowest BCUT2D eigenvalue weighted by molar-refractivity contribution is 0.0697. The Morgan fingerprint density at radius 3 is 2.48 bits per heavy atom. The number of hydrogen-bond acceptors (Lipinski definition) is 2. The van der Waals surface area contributed by atoms with Crippen molar-refractivity contribution in [3.63, 3.8) is 0 Å². The first-order valence-corrected chi connectivity index (χ1v) is 7.57. The average molecular weight is 369 g/mol. The Morgan fingerprint density at radius 1 is 1.19 bits per heavy atom. The molecule has 0 unspecified atom stereocenters. The summed E-state index contributed by atoms with van der Waals surface area (Å²) < 4.78 is 1.00. The van der Waals surface area contributed by atoms with E-state index in [1.54, 1.807) is 12.1 Å². The normalized spacial score (nSPS) is 10.9. The summed E-state index contributed by atoms with van der Waals surface area (Å²) in [6.45, 7) is 1.45. The molecule has 0 aliphatic heterocycles. The molecular weight excluding hydrogens is 354 g/mol. The molecule has 2 rings (SSSR count). The molecule has 2 aromatic rings. The van der Waals surface area contributed by atoms with Crippen molar-refractivity contribution in [1.29, 1.82) is 0 Å². The van der Waals surface area contributed by atoms with Gasteiger partial charge in [0.05, 0.1) is 5.56 Å². The molecule has 2 aromatic carbocycles. The molecular formula is C16H15BrClNO2. The summed E-state index contributed by atoms with van der Waals surface area (Å²) in [5.41, 5.74) is 2.42. The van der Waals surface area contributed by atoms with Gasteiger partial charge in [-0.15, -0.1) is 0 Å². The molecule has 0 amide bonds. The third-order valence-electron chi connectivity index (χ3n) is 3.10. The monoisotopic (exact) mass is 367 g/mol. The van der Waals surface area contributed by atoms with E-state index in [-0.39, 0.29) is 0 Å². The predicted molar refractivity (Wildman–Crippen MR) is 87.7 cm³/mol. The fourth-order valence-electron chi connectivity index (χ4n) is 2.08. The molecule has 0 saturated heterocycles. The van der Waals surface area contributed by atoms with Crippen LogP contribution in [0, 0.1) is 0 Å². The standard InChI is InChI=1S/C16H15BrClNO2/c1-19(10-13-8-14(17)6-7-15(13)18)9-11-2-4-12(5-3-11)16(20)21/h2-8H,9-10H2,1H3,(H,20,21). The van der Waals surface area contributed by atoms with Gasteiger partial charge in [0, 0.05) is 22.6 Å². The molecule has 5 heteroatoms. The zero-order chi connectivity index (χ0) is 15.4. The van der Waals surface area contributed by atoms with Crippen molar-refractivity contribution in [2.24, 2.45) is 0 Å². The molecule has 3 nitrogen and oxygen atoms in total. The van der Waals surface area contributed by atoms with Crippen molar-refractivity contribution in [3.8, 4) is 0 Å². The second-order valence-electron chi connectivity index (χ2n) is 4.91. The van der Waals surface area contributed by atoms with Crippen LogP contribution in [0.5, 0.6) is 0 Å². The van der Waals surface area contributed by atoms with E-state index in [4.69, 9.17) is 16.7 Å². The molecule has 0 aliphatic rings. The molecule has 0 spiro atoms. The van der Waals surface area contributed by atoms with E-state index in [0.717, 1.165) is 33.7 Å². The molecule has 0 radical (unpaired) electrons. The summed E-state index contributed by atoms with van der Waals surface area (Å²) in [4.78, 5) is 12.9. The van der Waals surface area contributed by atoms with E-state index in [1.807, 2.05) is 37.4 Å². The van der Waals surface area contributed by atoms with Gasteiger partial charge < -0.3 is 5.11 Å². The second kappa shape index (κ2) is 7.07. The Hall–Kier alpha value is -1.36. The number of hydrogen-bond donors (Lipinski definition) is 1. The predicted octanol–water partition coefficient (Wildman–Crippen LogP) is 4.43. The summed E-state index contributed by atoms with van der Waals surface area (Å²) in [6, 6.07) is 12.7. The summed E-state index contributed by atoms with van der Waals surface area (Å²) in [7, 11) is 2.00. The second-order valence-corrected chi connectivity index (χ2v) is 6.23. The Balaban J connectivity index is 2.02. The highest BCUT2D eigenvalue weighted by atomic mass is 79.9. The zero-order valence-corrected chi connectivity index (χ0v) is 13.9. The molecule has 0 heterocycles. The minimum Gasteiger partial charge on any atom is -0.478 e. The van der Waals surface area contributed by atoms with Crippen molar-refractivity contribution in [3.05, 3.63) is 68.7 Å². The van der Waals surface area contributed by atoms with Crippen LogP contribution in [0.3, 0.4) is 0 Å². The van der Waals surface area contributed by atoms with Gasteiger partial charge in [-0.2, -0.15) is 0 Å². The highest BCUT2D eigenvalue weighted by Gasteiger charge is 2.07. The van der Waals surface area contributed by atoms with E-state index in [0.29, 0.717) is 5.56 Å². The maximum absolute atomic E-state index is 10.8. The third kappa shape index (κ3) is 4.56. The fraction of sp³-hybridized carbons (Fsp3) is 0.188. The number of benzene rings is 2. The van der Waals surface area contributed by atoms with Crippen LogP contribution in [0.2, 0.25) is 5.02 Å². The third-order valence-corrected chi connectivity index (χ3v) is 3.96. The quantitative estimate of drug-likeness (QED) is 0.848. The summed E-state index contributed by atoms with van der Waals surface area (Å²) >= 11 is 9.63. The summed E-state index contributed by atoms with van der Waals surface area (Å²) in [5, 5.41) is 9.62. The maximum Gasteiger partial charge on any atom is 0.335 e. The van der Waals surface area contributed by atoms with Crippen molar-refractivity contribution in [2.45, 2.75) is 13.1 Å². The molecule has 0 aromatic heterocycles. The van der Waals surface area contributed by atoms with Crippen molar-refractivity contribution < 1.29 is 9.90 Å². The molecule has 21 heavy (non-hydrogen) atoms. The maximum atomic E-state index is 10.8. The van der Waals surface area contributed by atoms with Gasteiger partial charge in [0.2, 0.25) is 0 Å². The number of carboxylic acid groups (broad SMARTS) is 1. The topological polar surface area (TPSA) is 40.5 Å². The van der Waals surface area contributed by atoms with Gasteiger partial charge in [-0.3, -0.25) is 4.90 Å². The highest BCUT2D eigenvalue weighted by molar-refractivity contribution is 9.10. The molecule has 0 saturated carbocycles. The van der Waals surface area contributed by atoms with Gasteiger partial charge in [0.15, 0.2) is 0 Å². The van der Waals surface area contributed by atoms with Crippen LogP contribution >= 0.6 is 27.5 Å². The number of rotatable bonds is 5. The van der Waals surface area contributed by atoms with Crippen LogP contribution < -0.4 is 0 Å². The molecule has 1 N–H and O–H groups in total. The molecule has 0 fully saturated rings. The van der Waals surface area contributed by atoms with Gasteiger partial charge >= 0.3 is 5.97 Å². The average Bonchev–Trinajstić information content (AvgIpc) is 2.43. The Labute approximate surface area is 137 Å². The Bertz CT molecular complexity index is 643. The van der Waals surface area contributed by atoms with E-state index in [1.165, 1.54) is 0 Å². The first kappa shape index (κ1) is 16.0. The van der Waals surface area contributed by atoms with Gasteiger partial charge in [0.1, 0.15) is 0 Å². The largest absolute Gasteiger partial charge is 0.478 e. The summed E-state index contributed by atoms with van der Waals surface area (Å²) in [6.07, 6.45) is 0. The van der Waals surface area contributed by atoms with Gasteiger partial charge in [-0.1, -0.05) is 39.7 Å². The lowest BCUT2D eigenvalue weighted by Gasteiger charge is -2.18. The molecule has 110 valence electrons. The number of nitrogens with zero attached hydrogens (tertiary/aromatic N) is 1. The lowest BCUT2D eigenvalue weighted by atomic mass is 10.1. The van der Waals surface area contributed by atoms with E-state index in [9.17, 15) is 4.79 Å². The van der Waals surface area contributed by atoms with Crippen LogP contribution in [-0.2, 0) is 13.1 Å². The van der Waals surface area contributed by atoms with Gasteiger partial charge in [-0.25, -0.2) is 4.79 Å². The van der Waals surface area contributed by atoms with Crippen molar-refractivity contribution in [2.75, 3.05) is 7.05 Å². The van der Waals surface area contributed by atoms with Crippen LogP contribution in [0.4, 0.5) is 0 Å². The Kier molecular flexibility index (Phi) is 5.39. The van der Waals surface area contributed by atoms with E-state index < -0.39 is 5.97 Å². The number of halogens is 2. The van der Waals surface area contributed by atoms with Crippen molar-refractivity contribution in [1.82, 2.24) is 4.90 Å². The smallest absolute Gasteiger partial charge is 0.335 e.